The smallest absolute Gasteiger partial charge is 0.250 e. The lowest BCUT2D eigenvalue weighted by Crippen LogP contribution is -2.62. The van der Waals surface area contributed by atoms with Crippen molar-refractivity contribution in [1.82, 2.24) is 10.2 Å². The van der Waals surface area contributed by atoms with Crippen molar-refractivity contribution in [1.29, 1.82) is 0 Å². The average molecular weight is 373 g/mol. The van der Waals surface area contributed by atoms with E-state index in [0.29, 0.717) is 30.3 Å². The Labute approximate surface area is 164 Å². The highest BCUT2D eigenvalue weighted by molar-refractivity contribution is 6.03. The van der Waals surface area contributed by atoms with Crippen LogP contribution >= 0.6 is 0 Å². The molecular formula is C23H36N2O2. The van der Waals surface area contributed by atoms with E-state index in [1.165, 1.54) is 38.5 Å². The minimum absolute atomic E-state index is 0.0760. The summed E-state index contributed by atoms with van der Waals surface area (Å²) < 4.78 is 0. The van der Waals surface area contributed by atoms with Gasteiger partial charge in [0.05, 0.1) is 0 Å². The predicted molar refractivity (Wildman–Crippen MR) is 107 cm³/mol. The van der Waals surface area contributed by atoms with E-state index in [-0.39, 0.29) is 23.3 Å². The monoisotopic (exact) mass is 372 g/mol. The molecule has 0 saturated heterocycles. The van der Waals surface area contributed by atoms with Gasteiger partial charge in [-0.2, -0.15) is 0 Å². The number of hydrogen-bond donors (Lipinski definition) is 1. The summed E-state index contributed by atoms with van der Waals surface area (Å²) in [5, 5.41) is 3.23. The zero-order valence-corrected chi connectivity index (χ0v) is 17.5. The number of rotatable bonds is 3. The van der Waals surface area contributed by atoms with Gasteiger partial charge in [0, 0.05) is 36.2 Å². The SMILES string of the molecule is CCN(CC)C(=O)C1=CC(=O)N[C@@H]2CC[C@H]3[C@@H]4CCC[C@@]4(C)CC[C@@H]3[C@@]12C. The number of nitrogens with zero attached hydrogens (tertiary/aromatic N) is 1. The van der Waals surface area contributed by atoms with E-state index in [1.54, 1.807) is 6.08 Å². The van der Waals surface area contributed by atoms with Crippen LogP contribution in [0.4, 0.5) is 0 Å². The molecule has 0 aromatic heterocycles. The van der Waals surface area contributed by atoms with Crippen LogP contribution in [0.15, 0.2) is 11.6 Å². The summed E-state index contributed by atoms with van der Waals surface area (Å²) in [5.74, 6) is 2.03. The molecule has 4 aliphatic rings. The second-order valence-corrected chi connectivity index (χ2v) is 9.92. The van der Waals surface area contributed by atoms with Gasteiger partial charge in [-0.15, -0.1) is 0 Å². The molecule has 3 saturated carbocycles. The molecule has 3 aliphatic carbocycles. The maximum atomic E-state index is 13.4. The van der Waals surface area contributed by atoms with Gasteiger partial charge >= 0.3 is 0 Å². The van der Waals surface area contributed by atoms with Crippen LogP contribution in [-0.4, -0.2) is 35.8 Å². The van der Waals surface area contributed by atoms with Crippen LogP contribution in [-0.2, 0) is 9.59 Å². The second-order valence-electron chi connectivity index (χ2n) is 9.92. The Morgan fingerprint density at radius 2 is 1.85 bits per heavy atom. The maximum absolute atomic E-state index is 13.4. The van der Waals surface area contributed by atoms with Crippen LogP contribution in [0.3, 0.4) is 0 Å². The molecule has 0 aromatic rings. The van der Waals surface area contributed by atoms with Crippen LogP contribution in [0.2, 0.25) is 0 Å². The predicted octanol–water partition coefficient (Wildman–Crippen LogP) is 3.91. The van der Waals surface area contributed by atoms with E-state index in [0.717, 1.165) is 17.9 Å². The molecule has 4 nitrogen and oxygen atoms in total. The number of amides is 2. The van der Waals surface area contributed by atoms with Crippen molar-refractivity contribution in [3.05, 3.63) is 11.6 Å². The van der Waals surface area contributed by atoms with E-state index in [9.17, 15) is 9.59 Å². The van der Waals surface area contributed by atoms with Crippen LogP contribution < -0.4 is 5.32 Å². The van der Waals surface area contributed by atoms with Gasteiger partial charge in [-0.05, 0) is 75.5 Å². The third-order valence-corrected chi connectivity index (χ3v) is 8.95. The van der Waals surface area contributed by atoms with Gasteiger partial charge in [0.15, 0.2) is 0 Å². The van der Waals surface area contributed by atoms with E-state index < -0.39 is 0 Å². The standard InChI is InChI=1S/C23H36N2O2/c1-5-25(6-2)21(27)18-14-20(26)24-19-10-9-15-16-8-7-12-22(16,3)13-11-17(15)23(18,19)4/h14-17,19H,5-13H2,1-4H3,(H,24,26)/t15-,16-,17-,19+,22-,23-/m0/s1. The number of carbonyl (C=O) groups excluding carboxylic acids is 2. The average Bonchev–Trinajstić information content (AvgIpc) is 3.04. The van der Waals surface area contributed by atoms with Gasteiger partial charge < -0.3 is 10.2 Å². The largest absolute Gasteiger partial charge is 0.349 e. The molecule has 0 unspecified atom stereocenters. The molecule has 2 amide bonds. The van der Waals surface area contributed by atoms with Gasteiger partial charge in [-0.1, -0.05) is 20.3 Å². The fourth-order valence-electron chi connectivity index (χ4n) is 7.43. The van der Waals surface area contributed by atoms with Crippen LogP contribution in [0.5, 0.6) is 0 Å². The number of likely N-dealkylation sites (N-methyl/N-ethyl adjacent to an activating group) is 1. The first-order chi connectivity index (χ1) is 12.8. The summed E-state index contributed by atoms with van der Waals surface area (Å²) in [7, 11) is 0. The highest BCUT2D eigenvalue weighted by atomic mass is 16.2. The Bertz CT molecular complexity index is 667. The molecule has 27 heavy (non-hydrogen) atoms. The number of nitrogens with one attached hydrogen (secondary N) is 1. The fourth-order valence-corrected chi connectivity index (χ4v) is 7.43. The fraction of sp³-hybridized carbons (Fsp3) is 0.826. The van der Waals surface area contributed by atoms with E-state index in [4.69, 9.17) is 0 Å². The molecule has 0 spiro atoms. The lowest BCUT2D eigenvalue weighted by atomic mass is 9.47. The van der Waals surface area contributed by atoms with E-state index in [2.05, 4.69) is 19.2 Å². The first-order valence-electron chi connectivity index (χ1n) is 11.2. The Morgan fingerprint density at radius 3 is 2.56 bits per heavy atom. The summed E-state index contributed by atoms with van der Waals surface area (Å²) in [6.45, 7) is 10.3. The third kappa shape index (κ3) is 2.69. The van der Waals surface area contributed by atoms with Gasteiger partial charge in [0.2, 0.25) is 5.91 Å². The first-order valence-corrected chi connectivity index (χ1v) is 11.2. The number of hydrogen-bond acceptors (Lipinski definition) is 2. The van der Waals surface area contributed by atoms with Gasteiger partial charge in [-0.3, -0.25) is 9.59 Å². The summed E-state index contributed by atoms with van der Waals surface area (Å²) in [4.78, 5) is 27.7. The Hall–Kier alpha value is -1.32. The summed E-state index contributed by atoms with van der Waals surface area (Å²) in [5.41, 5.74) is 1.08. The molecule has 150 valence electrons. The molecule has 1 aliphatic heterocycles. The zero-order chi connectivity index (χ0) is 19.4. The zero-order valence-electron chi connectivity index (χ0n) is 17.5. The molecule has 4 rings (SSSR count). The van der Waals surface area contributed by atoms with Crippen molar-refractivity contribution in [2.24, 2.45) is 28.6 Å². The van der Waals surface area contributed by atoms with Gasteiger partial charge in [-0.25, -0.2) is 0 Å². The van der Waals surface area contributed by atoms with Gasteiger partial charge in [0.25, 0.3) is 5.91 Å². The molecule has 4 heteroatoms. The Balaban J connectivity index is 1.73. The lowest BCUT2D eigenvalue weighted by Gasteiger charge is -2.59. The topological polar surface area (TPSA) is 49.4 Å². The quantitative estimate of drug-likeness (QED) is 0.816. The van der Waals surface area contributed by atoms with Crippen molar-refractivity contribution in [2.45, 2.75) is 78.7 Å². The molecular weight excluding hydrogens is 336 g/mol. The maximum Gasteiger partial charge on any atom is 0.250 e. The lowest BCUT2D eigenvalue weighted by molar-refractivity contribution is -0.134. The third-order valence-electron chi connectivity index (χ3n) is 8.95. The number of fused-ring (bicyclic) bond motifs is 5. The first kappa shape index (κ1) is 19.0. The molecule has 3 fully saturated rings. The minimum atomic E-state index is -0.222. The summed E-state index contributed by atoms with van der Waals surface area (Å²) >= 11 is 0. The Kier molecular flexibility index (Phi) is 4.67. The molecule has 0 aromatic carbocycles. The van der Waals surface area contributed by atoms with Crippen LogP contribution in [0.25, 0.3) is 0 Å². The van der Waals surface area contributed by atoms with E-state index in [1.807, 2.05) is 18.7 Å². The van der Waals surface area contributed by atoms with Gasteiger partial charge in [0.1, 0.15) is 0 Å². The summed E-state index contributed by atoms with van der Waals surface area (Å²) in [6, 6.07) is 0.108. The van der Waals surface area contributed by atoms with Crippen molar-refractivity contribution < 1.29 is 9.59 Å². The molecule has 1 heterocycles. The number of carbonyl (C=O) groups is 2. The van der Waals surface area contributed by atoms with E-state index >= 15 is 0 Å². The van der Waals surface area contributed by atoms with Crippen LogP contribution in [0.1, 0.15) is 72.6 Å². The summed E-state index contributed by atoms with van der Waals surface area (Å²) in [6.07, 6.45) is 10.4. The van der Waals surface area contributed by atoms with Crippen molar-refractivity contribution >= 4 is 11.8 Å². The Morgan fingerprint density at radius 1 is 1.11 bits per heavy atom. The van der Waals surface area contributed by atoms with Crippen molar-refractivity contribution in [3.8, 4) is 0 Å². The van der Waals surface area contributed by atoms with Crippen molar-refractivity contribution in [2.75, 3.05) is 13.1 Å². The molecule has 1 N–H and O–H groups in total. The molecule has 0 radical (unpaired) electrons. The highest BCUT2D eigenvalue weighted by Crippen LogP contribution is 2.64. The van der Waals surface area contributed by atoms with Crippen LogP contribution in [0, 0.1) is 28.6 Å². The minimum Gasteiger partial charge on any atom is -0.349 e. The highest BCUT2D eigenvalue weighted by Gasteiger charge is 2.60. The molecule has 6 atom stereocenters. The molecule has 0 bridgehead atoms. The van der Waals surface area contributed by atoms with Crippen molar-refractivity contribution in [3.63, 3.8) is 0 Å². The second kappa shape index (κ2) is 6.63. The normalized spacial score (nSPS) is 43.1.